The fourth-order valence-electron chi connectivity index (χ4n) is 2.21. The van der Waals surface area contributed by atoms with Gasteiger partial charge in [-0.25, -0.2) is 4.79 Å². The van der Waals surface area contributed by atoms with Crippen LogP contribution < -0.4 is 5.32 Å². The molecule has 26 heavy (non-hydrogen) atoms. The number of hydrogen-bond acceptors (Lipinski definition) is 6. The number of carbonyl (C=O) groups is 3. The average molecular weight is 369 g/mol. The maximum atomic E-state index is 12.3. The summed E-state index contributed by atoms with van der Waals surface area (Å²) in [5.41, 5.74) is 0.477. The van der Waals surface area contributed by atoms with E-state index < -0.39 is 18.0 Å². The van der Waals surface area contributed by atoms with Crippen LogP contribution in [0.1, 0.15) is 37.5 Å². The van der Waals surface area contributed by atoms with E-state index >= 15 is 0 Å². The van der Waals surface area contributed by atoms with Crippen LogP contribution in [-0.4, -0.2) is 23.8 Å². The molecule has 0 fully saturated rings. The zero-order valence-electron chi connectivity index (χ0n) is 13.8. The molecule has 0 aliphatic heterocycles. The van der Waals surface area contributed by atoms with Gasteiger partial charge in [-0.3, -0.25) is 9.59 Å². The fraction of sp³-hybridized carbons (Fsp3) is 0.105. The number of nitrogens with one attached hydrogen (secondary N) is 1. The Labute approximate surface area is 153 Å². The maximum Gasteiger partial charge on any atom is 0.349 e. The van der Waals surface area contributed by atoms with Gasteiger partial charge in [0.25, 0.3) is 5.91 Å². The van der Waals surface area contributed by atoms with Crippen molar-refractivity contribution in [2.24, 2.45) is 0 Å². The van der Waals surface area contributed by atoms with Crippen molar-refractivity contribution in [3.05, 3.63) is 77.1 Å². The molecule has 0 bridgehead atoms. The third kappa shape index (κ3) is 4.07. The Morgan fingerprint density at radius 3 is 2.50 bits per heavy atom. The number of ketones is 1. The number of carbonyl (C=O) groups excluding carboxylic acids is 3. The molecule has 2 aromatic heterocycles. The summed E-state index contributed by atoms with van der Waals surface area (Å²) in [5.74, 6) is -1.14. The molecule has 0 saturated heterocycles. The van der Waals surface area contributed by atoms with Crippen molar-refractivity contribution in [2.75, 3.05) is 5.32 Å². The minimum Gasteiger partial charge on any atom is -0.459 e. The molecule has 0 saturated carbocycles. The molecule has 0 aliphatic carbocycles. The monoisotopic (exact) mass is 369 g/mol. The fourth-order valence-corrected chi connectivity index (χ4v) is 2.99. The molecule has 6 nitrogen and oxygen atoms in total. The molecule has 2 heterocycles. The molecule has 1 N–H and O–H groups in total. The first-order valence-corrected chi connectivity index (χ1v) is 8.61. The summed E-state index contributed by atoms with van der Waals surface area (Å²) in [6.07, 6.45) is 0.491. The van der Waals surface area contributed by atoms with Crippen molar-refractivity contribution in [1.82, 2.24) is 0 Å². The highest BCUT2D eigenvalue weighted by molar-refractivity contribution is 7.18. The van der Waals surface area contributed by atoms with E-state index in [0.29, 0.717) is 10.6 Å². The lowest BCUT2D eigenvalue weighted by atomic mass is 10.1. The zero-order valence-corrected chi connectivity index (χ0v) is 14.6. The van der Waals surface area contributed by atoms with Gasteiger partial charge in [0, 0.05) is 5.56 Å². The largest absolute Gasteiger partial charge is 0.459 e. The van der Waals surface area contributed by atoms with E-state index in [9.17, 15) is 14.4 Å². The maximum absolute atomic E-state index is 12.3. The highest BCUT2D eigenvalue weighted by atomic mass is 32.1. The molecule has 3 aromatic rings. The minimum absolute atomic E-state index is 0.171. The van der Waals surface area contributed by atoms with Gasteiger partial charge in [-0.05, 0) is 31.2 Å². The molecular formula is C19H15NO5S. The third-order valence-corrected chi connectivity index (χ3v) is 4.48. The second kappa shape index (κ2) is 7.79. The molecule has 1 aromatic carbocycles. The smallest absolute Gasteiger partial charge is 0.349 e. The number of ether oxygens (including phenoxy) is 1. The van der Waals surface area contributed by atoms with Gasteiger partial charge in [-0.2, -0.15) is 0 Å². The lowest BCUT2D eigenvalue weighted by Crippen LogP contribution is -2.24. The van der Waals surface area contributed by atoms with Crippen LogP contribution in [0.25, 0.3) is 0 Å². The molecule has 1 unspecified atom stereocenters. The summed E-state index contributed by atoms with van der Waals surface area (Å²) in [6, 6.07) is 14.9. The minimum atomic E-state index is -0.909. The summed E-state index contributed by atoms with van der Waals surface area (Å²) in [6.45, 7) is 1.53. The zero-order chi connectivity index (χ0) is 18.5. The lowest BCUT2D eigenvalue weighted by Gasteiger charge is -2.11. The van der Waals surface area contributed by atoms with Gasteiger partial charge < -0.3 is 14.5 Å². The van der Waals surface area contributed by atoms with E-state index in [1.807, 2.05) is 0 Å². The summed E-state index contributed by atoms with van der Waals surface area (Å²) in [5, 5.41) is 3.11. The Morgan fingerprint density at radius 2 is 1.81 bits per heavy atom. The molecule has 1 atom stereocenters. The van der Waals surface area contributed by atoms with E-state index in [1.54, 1.807) is 42.5 Å². The summed E-state index contributed by atoms with van der Waals surface area (Å²) in [4.78, 5) is 36.7. The first-order valence-electron chi connectivity index (χ1n) is 7.79. The quantitative estimate of drug-likeness (QED) is 0.524. The summed E-state index contributed by atoms with van der Waals surface area (Å²) < 4.78 is 10.2. The SMILES string of the molecule is CC(OC(=O)c1ccc(NC(=O)c2ccco2)s1)C(=O)c1ccccc1. The molecule has 0 aliphatic rings. The average Bonchev–Trinajstić information content (AvgIpc) is 3.33. The van der Waals surface area contributed by atoms with Crippen LogP contribution in [-0.2, 0) is 4.74 Å². The van der Waals surface area contributed by atoms with Crippen molar-refractivity contribution in [3.63, 3.8) is 0 Å². The number of Topliss-reactive ketones (excluding diaryl/α,β-unsaturated/α-hetero) is 1. The number of hydrogen-bond donors (Lipinski definition) is 1. The number of esters is 1. The molecule has 0 radical (unpaired) electrons. The first-order chi connectivity index (χ1) is 12.5. The number of furan rings is 1. The van der Waals surface area contributed by atoms with Gasteiger partial charge >= 0.3 is 5.97 Å². The number of benzene rings is 1. The Balaban J connectivity index is 1.61. The van der Waals surface area contributed by atoms with Crippen molar-refractivity contribution in [1.29, 1.82) is 0 Å². The predicted molar refractivity (Wildman–Crippen MR) is 96.6 cm³/mol. The molecule has 1 amide bonds. The van der Waals surface area contributed by atoms with Crippen LogP contribution in [0.2, 0.25) is 0 Å². The van der Waals surface area contributed by atoms with Gasteiger partial charge in [0.15, 0.2) is 11.9 Å². The van der Waals surface area contributed by atoms with E-state index in [4.69, 9.17) is 9.15 Å². The standard InChI is InChI=1S/C19H15NO5S/c1-12(17(21)13-6-3-2-4-7-13)25-19(23)15-9-10-16(26-15)20-18(22)14-8-5-11-24-14/h2-12H,1H3,(H,20,22). The topological polar surface area (TPSA) is 85.6 Å². The number of rotatable bonds is 6. The van der Waals surface area contributed by atoms with E-state index in [-0.39, 0.29) is 16.4 Å². The van der Waals surface area contributed by atoms with Gasteiger partial charge in [0.2, 0.25) is 5.78 Å². The van der Waals surface area contributed by atoms with Crippen LogP contribution in [0.3, 0.4) is 0 Å². The van der Waals surface area contributed by atoms with Crippen LogP contribution in [0, 0.1) is 0 Å². The van der Waals surface area contributed by atoms with Crippen molar-refractivity contribution in [2.45, 2.75) is 13.0 Å². The molecular weight excluding hydrogens is 354 g/mol. The third-order valence-electron chi connectivity index (χ3n) is 3.50. The summed E-state index contributed by atoms with van der Waals surface area (Å²) in [7, 11) is 0. The molecule has 132 valence electrons. The van der Waals surface area contributed by atoms with Gasteiger partial charge in [0.1, 0.15) is 4.88 Å². The van der Waals surface area contributed by atoms with E-state index in [2.05, 4.69) is 5.32 Å². The van der Waals surface area contributed by atoms with Gasteiger partial charge in [-0.1, -0.05) is 30.3 Å². The van der Waals surface area contributed by atoms with Gasteiger partial charge in [0.05, 0.1) is 11.3 Å². The molecule has 0 spiro atoms. The Bertz CT molecular complexity index is 915. The van der Waals surface area contributed by atoms with Gasteiger partial charge in [-0.15, -0.1) is 11.3 Å². The number of thiophene rings is 1. The normalized spacial score (nSPS) is 11.6. The van der Waals surface area contributed by atoms with Crippen LogP contribution in [0.4, 0.5) is 5.00 Å². The predicted octanol–water partition coefficient (Wildman–Crippen LogP) is 4.02. The van der Waals surface area contributed by atoms with Crippen molar-refractivity contribution < 1.29 is 23.5 Å². The molecule has 7 heteroatoms. The second-order valence-electron chi connectivity index (χ2n) is 5.37. The van der Waals surface area contributed by atoms with Crippen molar-refractivity contribution in [3.8, 4) is 0 Å². The van der Waals surface area contributed by atoms with E-state index in [1.165, 1.54) is 25.3 Å². The second-order valence-corrected chi connectivity index (χ2v) is 6.46. The Hall–Kier alpha value is -3.19. The number of amides is 1. The number of anilines is 1. The highest BCUT2D eigenvalue weighted by Crippen LogP contribution is 2.24. The van der Waals surface area contributed by atoms with Crippen LogP contribution >= 0.6 is 11.3 Å². The van der Waals surface area contributed by atoms with Crippen LogP contribution in [0.15, 0.2) is 65.3 Å². The highest BCUT2D eigenvalue weighted by Gasteiger charge is 2.21. The van der Waals surface area contributed by atoms with E-state index in [0.717, 1.165) is 11.3 Å². The lowest BCUT2D eigenvalue weighted by molar-refractivity contribution is 0.0323. The van der Waals surface area contributed by atoms with Crippen LogP contribution in [0.5, 0.6) is 0 Å². The summed E-state index contributed by atoms with van der Waals surface area (Å²) >= 11 is 1.06. The Kier molecular flexibility index (Phi) is 5.28. The van der Waals surface area contributed by atoms with Crippen molar-refractivity contribution >= 4 is 34.0 Å². The molecule has 3 rings (SSSR count). The Morgan fingerprint density at radius 1 is 1.04 bits per heavy atom. The first kappa shape index (κ1) is 17.6.